The molecule has 0 aromatic heterocycles. The Morgan fingerprint density at radius 3 is 1.41 bits per heavy atom. The molecule has 0 nitrogen and oxygen atoms in total. The van der Waals surface area contributed by atoms with Gasteiger partial charge in [0.1, 0.15) is 0 Å². The molecule has 5 heteroatoms. The van der Waals surface area contributed by atoms with Crippen molar-refractivity contribution in [1.29, 1.82) is 0 Å². The normalized spacial score (nSPS) is 11.7. The van der Waals surface area contributed by atoms with Crippen LogP contribution in [0.1, 0.15) is 0 Å². The summed E-state index contributed by atoms with van der Waals surface area (Å²) < 4.78 is 0. The van der Waals surface area contributed by atoms with Crippen LogP contribution in [0.2, 0.25) is 39.3 Å². The van der Waals surface area contributed by atoms with Crippen LogP contribution in [0.25, 0.3) is 0 Å². The summed E-state index contributed by atoms with van der Waals surface area (Å²) >= 11 is 0. The first-order valence-corrected chi connectivity index (χ1v) is 16.2. The molecule has 1 rings (SSSR count). The Hall–Kier alpha value is 0.784. The number of rotatable bonds is 3. The first-order valence-electron chi connectivity index (χ1n) is 5.66. The van der Waals surface area contributed by atoms with Crippen LogP contribution in [0.5, 0.6) is 0 Å². The fraction of sp³-hybridized carbons (Fsp3) is 0.500. The first-order chi connectivity index (χ1) is 6.73. The maximum absolute atomic E-state index is 2.55. The predicted octanol–water partition coefficient (Wildman–Crippen LogP) is 0.223. The first kappa shape index (κ1) is 20.1. The van der Waals surface area contributed by atoms with E-state index >= 15 is 0 Å². The van der Waals surface area contributed by atoms with Gasteiger partial charge in [0, 0.05) is 34.7 Å². The molecule has 0 saturated carbocycles. The number of hydrogen-bond acceptors (Lipinski definition) is 0. The quantitative estimate of drug-likeness (QED) is 0.683. The molecular formula is C12H23ClSi3Zn-. The zero-order valence-corrected chi connectivity index (χ0v) is 18.7. The van der Waals surface area contributed by atoms with E-state index in [0.717, 1.165) is 0 Å². The van der Waals surface area contributed by atoms with E-state index in [9.17, 15) is 0 Å². The second kappa shape index (κ2) is 7.39. The van der Waals surface area contributed by atoms with Gasteiger partial charge in [0.05, 0.1) is 7.83 Å². The van der Waals surface area contributed by atoms with Crippen LogP contribution in [0.3, 0.4) is 0 Å². The van der Waals surface area contributed by atoms with Crippen molar-refractivity contribution in [2.45, 2.75) is 39.3 Å². The summed E-state index contributed by atoms with van der Waals surface area (Å²) in [6, 6.07) is 11.3. The molecule has 0 N–H and O–H groups in total. The molecule has 0 aliphatic rings. The average molecular weight is 352 g/mol. The third-order valence-electron chi connectivity index (χ3n) is 2.56. The van der Waals surface area contributed by atoms with Gasteiger partial charge in [-0.3, -0.25) is 0 Å². The molecular weight excluding hydrogens is 329 g/mol. The molecule has 0 fully saturated rings. The van der Waals surface area contributed by atoms with E-state index in [1.807, 2.05) is 0 Å². The smallest absolute Gasteiger partial charge is 0.0696 e. The van der Waals surface area contributed by atoms with Crippen LogP contribution < -0.4 is 17.6 Å². The zero-order chi connectivity index (χ0) is 11.7. The fourth-order valence-electron chi connectivity index (χ4n) is 2.60. The van der Waals surface area contributed by atoms with Crippen LogP contribution in [0, 0.1) is 0 Å². The van der Waals surface area contributed by atoms with Crippen LogP contribution in [0.4, 0.5) is 0 Å². The summed E-state index contributed by atoms with van der Waals surface area (Å²) in [5.41, 5.74) is 0. The molecule has 0 bridgehead atoms. The largest absolute Gasteiger partial charge is 1.00 e. The fourth-order valence-corrected chi connectivity index (χ4v) is 40.3. The molecule has 0 amide bonds. The summed E-state index contributed by atoms with van der Waals surface area (Å²) in [5, 5.41) is 1.68. The van der Waals surface area contributed by atoms with Gasteiger partial charge in [-0.15, -0.1) is 0 Å². The Labute approximate surface area is 129 Å². The maximum atomic E-state index is 2.55. The van der Waals surface area contributed by atoms with E-state index in [-0.39, 0.29) is 39.7 Å². The van der Waals surface area contributed by atoms with E-state index in [4.69, 9.17) is 0 Å². The standard InChI is InChI=1S/C12H23Si3.ClH.Zn/c1-14(2,3)13(15(4,5)6)12-10-8-7-9-11-12;;/h7-11H,1-6H3;1H;/p-1. The van der Waals surface area contributed by atoms with Crippen LogP contribution in [0.15, 0.2) is 30.3 Å². The predicted molar refractivity (Wildman–Crippen MR) is 78.5 cm³/mol. The topological polar surface area (TPSA) is 0 Å². The minimum absolute atomic E-state index is 0. The van der Waals surface area contributed by atoms with E-state index in [1.165, 1.54) is 0 Å². The minimum Gasteiger partial charge on any atom is -1.00 e. The Balaban J connectivity index is 0. The summed E-state index contributed by atoms with van der Waals surface area (Å²) in [7, 11) is -2.27. The Bertz CT molecular complexity index is 303. The molecule has 0 heterocycles. The molecule has 0 aliphatic heterocycles. The summed E-state index contributed by atoms with van der Waals surface area (Å²) in [6.07, 6.45) is 0. The van der Waals surface area contributed by atoms with Gasteiger partial charge >= 0.3 is 0 Å². The second-order valence-corrected chi connectivity index (χ2v) is 30.1. The molecule has 0 unspecified atom stereocenters. The van der Waals surface area contributed by atoms with Crippen LogP contribution in [-0.4, -0.2) is 23.0 Å². The number of halogens is 1. The molecule has 0 atom stereocenters. The van der Waals surface area contributed by atoms with Crippen LogP contribution in [-0.2, 0) is 19.5 Å². The SMILES string of the molecule is C[Si](C)(C)[Si](c1ccccc1)[Si](C)(C)C.[Cl-].[Zn]. The van der Waals surface area contributed by atoms with Gasteiger partial charge in [-0.05, 0) is 0 Å². The van der Waals surface area contributed by atoms with Crippen molar-refractivity contribution >= 4 is 28.2 Å². The van der Waals surface area contributed by atoms with Crippen LogP contribution >= 0.6 is 0 Å². The molecule has 1 radical (unpaired) electrons. The Morgan fingerprint density at radius 2 is 1.12 bits per heavy atom. The second-order valence-electron chi connectivity index (χ2n) is 6.24. The monoisotopic (exact) mass is 350 g/mol. The summed E-state index contributed by atoms with van der Waals surface area (Å²) in [6.45, 7) is 15.3. The van der Waals surface area contributed by atoms with Gasteiger partial charge < -0.3 is 12.4 Å². The minimum atomic E-state index is -0.999. The molecule has 93 valence electrons. The maximum Gasteiger partial charge on any atom is 0.0696 e. The summed E-state index contributed by atoms with van der Waals surface area (Å²) in [4.78, 5) is 0. The van der Waals surface area contributed by atoms with Gasteiger partial charge in [-0.25, -0.2) is 0 Å². The Kier molecular flexibility index (Phi) is 8.74. The molecule has 1 aromatic rings. The van der Waals surface area contributed by atoms with Gasteiger partial charge in [-0.2, -0.15) is 0 Å². The van der Waals surface area contributed by atoms with E-state index in [2.05, 4.69) is 69.6 Å². The van der Waals surface area contributed by atoms with E-state index in [0.29, 0.717) is 0 Å². The van der Waals surface area contributed by atoms with Gasteiger partial charge in [0.2, 0.25) is 0 Å². The van der Waals surface area contributed by atoms with Gasteiger partial charge in [0.25, 0.3) is 0 Å². The van der Waals surface area contributed by atoms with E-state index in [1.54, 1.807) is 5.19 Å². The van der Waals surface area contributed by atoms with Crippen molar-refractivity contribution in [2.24, 2.45) is 0 Å². The van der Waals surface area contributed by atoms with Gasteiger partial charge in [0.15, 0.2) is 0 Å². The number of benzene rings is 1. The Morgan fingerprint density at radius 1 is 0.765 bits per heavy atom. The summed E-state index contributed by atoms with van der Waals surface area (Å²) in [5.74, 6) is 0. The average Bonchev–Trinajstić information content (AvgIpc) is 2.00. The van der Waals surface area contributed by atoms with Crippen molar-refractivity contribution < 1.29 is 31.9 Å². The third-order valence-corrected chi connectivity index (χ3v) is 30.7. The zero-order valence-electron chi connectivity index (χ0n) is 12.0. The van der Waals surface area contributed by atoms with Crippen molar-refractivity contribution in [3.8, 4) is 0 Å². The molecule has 0 saturated heterocycles. The van der Waals surface area contributed by atoms with Crippen molar-refractivity contribution in [1.82, 2.24) is 0 Å². The molecule has 17 heavy (non-hydrogen) atoms. The van der Waals surface area contributed by atoms with Gasteiger partial charge in [-0.1, -0.05) is 74.8 Å². The van der Waals surface area contributed by atoms with E-state index < -0.39 is 15.2 Å². The third kappa shape index (κ3) is 5.97. The molecule has 0 aliphatic carbocycles. The molecule has 1 aromatic carbocycles. The molecule has 0 spiro atoms. The van der Waals surface area contributed by atoms with Crippen molar-refractivity contribution in [3.63, 3.8) is 0 Å². The van der Waals surface area contributed by atoms with Crippen molar-refractivity contribution in [3.05, 3.63) is 30.3 Å². The number of hydrogen-bond donors (Lipinski definition) is 0. The van der Waals surface area contributed by atoms with Crippen molar-refractivity contribution in [2.75, 3.05) is 0 Å².